The lowest BCUT2D eigenvalue weighted by Gasteiger charge is -2.16. The van der Waals surface area contributed by atoms with Gasteiger partial charge in [-0.2, -0.15) is 13.2 Å². The Morgan fingerprint density at radius 1 is 1.35 bits per heavy atom. The zero-order valence-corrected chi connectivity index (χ0v) is 10.4. The van der Waals surface area contributed by atoms with E-state index in [9.17, 15) is 21.6 Å². The van der Waals surface area contributed by atoms with Gasteiger partial charge in [-0.25, -0.2) is 13.6 Å². The molecule has 0 aromatic rings. The molecule has 1 heterocycles. The smallest absolute Gasteiger partial charge is 0.362 e. The van der Waals surface area contributed by atoms with E-state index in [0.29, 0.717) is 0 Å². The maximum absolute atomic E-state index is 10.8. The number of rotatable bonds is 2. The number of primary sulfonamides is 1. The minimum Gasteiger partial charge on any atom is -0.362 e. The summed E-state index contributed by atoms with van der Waals surface area (Å²) in [6, 6.07) is 0. The molecule has 0 fully saturated rings. The van der Waals surface area contributed by atoms with Crippen LogP contribution in [0.15, 0.2) is 12.4 Å². The summed E-state index contributed by atoms with van der Waals surface area (Å²) in [7, 11) is -3.25. The molecule has 0 radical (unpaired) electrons. The number of halogens is 3. The molecule has 1 rings (SSSR count). The van der Waals surface area contributed by atoms with Gasteiger partial charge in [-0.15, -0.1) is 0 Å². The van der Waals surface area contributed by atoms with Gasteiger partial charge in [0, 0.05) is 26.0 Å². The summed E-state index contributed by atoms with van der Waals surface area (Å²) in [5.74, 6) is 0. The van der Waals surface area contributed by atoms with Gasteiger partial charge in [0.1, 0.15) is 0 Å². The Labute approximate surface area is 98.7 Å². The molecule has 0 saturated heterocycles. The van der Waals surface area contributed by atoms with Crippen LogP contribution in [-0.4, -0.2) is 44.0 Å². The van der Waals surface area contributed by atoms with Crippen LogP contribution in [0.2, 0.25) is 0 Å². The molecule has 2 N–H and O–H groups in total. The molecule has 0 aromatic carbocycles. The van der Waals surface area contributed by atoms with E-state index in [0.717, 1.165) is 6.67 Å². The van der Waals surface area contributed by atoms with E-state index in [1.54, 1.807) is 0 Å². The maximum atomic E-state index is 10.8. The van der Waals surface area contributed by atoms with Gasteiger partial charge in [-0.1, -0.05) is 6.92 Å². The van der Waals surface area contributed by atoms with Crippen molar-refractivity contribution in [2.45, 2.75) is 18.9 Å². The Morgan fingerprint density at radius 2 is 1.82 bits per heavy atom. The quantitative estimate of drug-likeness (QED) is 0.812. The third-order valence-corrected chi connectivity index (χ3v) is 2.42. The van der Waals surface area contributed by atoms with E-state index in [1.807, 2.05) is 0 Å². The molecule has 0 saturated carbocycles. The second kappa shape index (κ2) is 6.10. The second-order valence-electron chi connectivity index (χ2n) is 3.50. The van der Waals surface area contributed by atoms with Gasteiger partial charge in [-0.3, -0.25) is 0 Å². The highest BCUT2D eigenvalue weighted by Crippen LogP contribution is 2.18. The van der Waals surface area contributed by atoms with Gasteiger partial charge in [0.15, 0.2) is 0 Å². The molecular weight excluding hydrogens is 259 g/mol. The van der Waals surface area contributed by atoms with E-state index in [1.165, 1.54) is 13.0 Å². The van der Waals surface area contributed by atoms with Crippen molar-refractivity contribution in [1.82, 2.24) is 9.80 Å². The Balaban J connectivity index is 0.000000304. The largest absolute Gasteiger partial charge is 0.511 e. The fraction of sp³-hybridized carbons (Fsp3) is 0.750. The van der Waals surface area contributed by atoms with E-state index < -0.39 is 15.5 Å². The molecule has 0 amide bonds. The van der Waals surface area contributed by atoms with Crippen molar-refractivity contribution in [2.24, 2.45) is 5.14 Å². The van der Waals surface area contributed by atoms with Crippen LogP contribution in [0.5, 0.6) is 0 Å². The maximum Gasteiger partial charge on any atom is 0.511 e. The van der Waals surface area contributed by atoms with Gasteiger partial charge in [-0.05, 0) is 6.42 Å². The highest BCUT2D eigenvalue weighted by molar-refractivity contribution is 7.90. The molecule has 0 aliphatic carbocycles. The van der Waals surface area contributed by atoms with E-state index in [4.69, 9.17) is 0 Å². The highest BCUT2D eigenvalue weighted by atomic mass is 32.2. The fourth-order valence-electron chi connectivity index (χ4n) is 1.02. The lowest BCUT2D eigenvalue weighted by Crippen LogP contribution is -2.30. The van der Waals surface area contributed by atoms with Crippen LogP contribution >= 0.6 is 0 Å². The van der Waals surface area contributed by atoms with Crippen LogP contribution in [0.3, 0.4) is 0 Å². The molecule has 0 unspecified atom stereocenters. The molecule has 0 atom stereocenters. The Hall–Kier alpha value is -0.960. The minimum atomic E-state index is -5.34. The van der Waals surface area contributed by atoms with Gasteiger partial charge >= 0.3 is 15.5 Å². The first-order valence-electron chi connectivity index (χ1n) is 4.79. The summed E-state index contributed by atoms with van der Waals surface area (Å²) in [5, 5.41) is 3.66. The summed E-state index contributed by atoms with van der Waals surface area (Å²) in [5.41, 5.74) is -5.31. The second-order valence-corrected chi connectivity index (χ2v) is 5.05. The van der Waals surface area contributed by atoms with Crippen LogP contribution in [0.4, 0.5) is 13.2 Å². The molecule has 17 heavy (non-hydrogen) atoms. The van der Waals surface area contributed by atoms with Crippen LogP contribution in [0.1, 0.15) is 13.3 Å². The third kappa shape index (κ3) is 6.37. The molecule has 9 heteroatoms. The minimum absolute atomic E-state index is 1.06. The van der Waals surface area contributed by atoms with Crippen molar-refractivity contribution < 1.29 is 21.6 Å². The Morgan fingerprint density at radius 3 is 2.06 bits per heavy atom. The van der Waals surface area contributed by atoms with Gasteiger partial charge in [0.2, 0.25) is 0 Å². The summed E-state index contributed by atoms with van der Waals surface area (Å²) in [4.78, 5) is 4.48. The predicted octanol–water partition coefficient (Wildman–Crippen LogP) is 0.867. The molecule has 1 aliphatic rings. The van der Waals surface area contributed by atoms with E-state index >= 15 is 0 Å². The number of nitrogens with two attached hydrogens (primary N) is 1. The van der Waals surface area contributed by atoms with Crippen molar-refractivity contribution in [2.75, 3.05) is 20.3 Å². The van der Waals surface area contributed by atoms with Crippen molar-refractivity contribution >= 4 is 10.0 Å². The molecule has 1 aliphatic heterocycles. The number of sulfonamides is 1. The first-order valence-corrected chi connectivity index (χ1v) is 6.34. The average molecular weight is 275 g/mol. The Kier molecular flexibility index (Phi) is 5.76. The third-order valence-electron chi connectivity index (χ3n) is 1.77. The zero-order chi connectivity index (χ0) is 13.7. The van der Waals surface area contributed by atoms with Gasteiger partial charge < -0.3 is 9.80 Å². The van der Waals surface area contributed by atoms with E-state index in [-0.39, 0.29) is 0 Å². The lowest BCUT2D eigenvalue weighted by molar-refractivity contribution is -0.0436. The molecule has 0 bridgehead atoms. The summed E-state index contributed by atoms with van der Waals surface area (Å²) in [6.45, 7) is 4.45. The van der Waals surface area contributed by atoms with Crippen molar-refractivity contribution in [3.05, 3.63) is 12.4 Å². The molecule has 0 aromatic heterocycles. The predicted molar refractivity (Wildman–Crippen MR) is 57.9 cm³/mol. The van der Waals surface area contributed by atoms with Crippen molar-refractivity contribution in [1.29, 1.82) is 0 Å². The Bertz CT molecular complexity index is 354. The van der Waals surface area contributed by atoms with Crippen molar-refractivity contribution in [3.63, 3.8) is 0 Å². The van der Waals surface area contributed by atoms with Crippen LogP contribution in [-0.2, 0) is 10.0 Å². The van der Waals surface area contributed by atoms with Gasteiger partial charge in [0.05, 0.1) is 6.67 Å². The molecule has 102 valence electrons. The first kappa shape index (κ1) is 16.0. The zero-order valence-electron chi connectivity index (χ0n) is 9.61. The van der Waals surface area contributed by atoms with Crippen LogP contribution < -0.4 is 5.14 Å². The monoisotopic (exact) mass is 275 g/mol. The summed E-state index contributed by atoms with van der Waals surface area (Å²) < 4.78 is 51.2. The molecular formula is C8H16F3N3O2S. The normalized spacial score (nSPS) is 15.9. The molecule has 5 nitrogen and oxygen atoms in total. The summed E-state index contributed by atoms with van der Waals surface area (Å²) >= 11 is 0. The van der Waals surface area contributed by atoms with E-state index in [2.05, 4.69) is 41.3 Å². The van der Waals surface area contributed by atoms with Gasteiger partial charge in [0.25, 0.3) is 0 Å². The lowest BCUT2D eigenvalue weighted by atomic mass is 10.4. The number of hydrogen-bond acceptors (Lipinski definition) is 4. The number of nitrogens with zero attached hydrogens (tertiary/aromatic N) is 2. The standard InChI is InChI=1S/C7H14N2.CH2F3NO2S/c1-3-4-9-6-5-8(2)7-9;2-1(3,4)8(5,6)7/h5-6H,3-4,7H2,1-2H3;(H2,5,6,7). The van der Waals surface area contributed by atoms with Crippen LogP contribution in [0, 0.1) is 0 Å². The molecule has 0 spiro atoms. The average Bonchev–Trinajstić information content (AvgIpc) is 2.49. The number of hydrogen-bond donors (Lipinski definition) is 1. The first-order chi connectivity index (χ1) is 7.58. The highest BCUT2D eigenvalue weighted by Gasteiger charge is 2.42. The topological polar surface area (TPSA) is 66.6 Å². The van der Waals surface area contributed by atoms with Crippen LogP contribution in [0.25, 0.3) is 0 Å². The van der Waals surface area contributed by atoms with Crippen molar-refractivity contribution in [3.8, 4) is 0 Å². The number of alkyl halides is 3. The fourth-order valence-corrected chi connectivity index (χ4v) is 1.02. The summed E-state index contributed by atoms with van der Waals surface area (Å²) in [6.07, 6.45) is 5.48. The SMILES string of the molecule is CCCN1C=CN(C)C1.NS(=O)(=O)C(F)(F)F.